The van der Waals surface area contributed by atoms with Crippen molar-refractivity contribution in [1.29, 1.82) is 0 Å². The molecule has 2 aromatic heterocycles. The number of nitrogens with one attached hydrogen (secondary N) is 1. The monoisotopic (exact) mass is 324 g/mol. The molecule has 0 aromatic carbocycles. The molecule has 0 saturated heterocycles. The zero-order chi connectivity index (χ0) is 14.0. The van der Waals surface area contributed by atoms with E-state index in [2.05, 4.69) is 31.3 Å². The summed E-state index contributed by atoms with van der Waals surface area (Å²) in [4.78, 5) is 27.0. The lowest BCUT2D eigenvalue weighted by molar-refractivity contribution is 0.0692. The number of amides is 1. The van der Waals surface area contributed by atoms with Crippen LogP contribution in [0.15, 0.2) is 29.0 Å². The smallest absolute Gasteiger partial charge is 0.339 e. The molecule has 98 valence electrons. The topological polar surface area (TPSA) is 97.1 Å². The predicted octanol–water partition coefficient (Wildman–Crippen LogP) is 1.53. The van der Waals surface area contributed by atoms with Crippen molar-refractivity contribution in [3.63, 3.8) is 0 Å². The number of hydrogen-bond acceptors (Lipinski definition) is 4. The molecule has 0 fully saturated rings. The number of aromatic carboxylic acids is 1. The summed E-state index contributed by atoms with van der Waals surface area (Å²) in [5.41, 5.74) is -0.186. The molecular weight excluding hydrogens is 316 g/mol. The zero-order valence-electron chi connectivity index (χ0n) is 9.79. The average Bonchev–Trinajstić information content (AvgIpc) is 2.74. The number of hydrogen-bond donors (Lipinski definition) is 2. The van der Waals surface area contributed by atoms with E-state index in [4.69, 9.17) is 5.11 Å². The molecule has 0 atom stereocenters. The number of aromatic nitrogens is 3. The molecule has 2 heterocycles. The summed E-state index contributed by atoms with van der Waals surface area (Å²) in [7, 11) is 1.50. The van der Waals surface area contributed by atoms with E-state index in [1.807, 2.05) is 0 Å². The predicted molar refractivity (Wildman–Crippen MR) is 70.1 cm³/mol. The van der Waals surface area contributed by atoms with Crippen molar-refractivity contribution >= 4 is 33.6 Å². The van der Waals surface area contributed by atoms with Crippen molar-refractivity contribution in [2.45, 2.75) is 0 Å². The Morgan fingerprint density at radius 2 is 2.11 bits per heavy atom. The number of halogens is 1. The summed E-state index contributed by atoms with van der Waals surface area (Å²) in [6.45, 7) is 0. The number of carbonyl (C=O) groups excluding carboxylic acids is 1. The third-order valence-corrected chi connectivity index (χ3v) is 2.82. The Balaban J connectivity index is 2.27. The van der Waals surface area contributed by atoms with Crippen molar-refractivity contribution in [2.75, 3.05) is 5.32 Å². The Bertz CT molecular complexity index is 636. The molecule has 7 nitrogen and oxygen atoms in total. The van der Waals surface area contributed by atoms with Gasteiger partial charge in [-0.3, -0.25) is 9.48 Å². The van der Waals surface area contributed by atoms with E-state index < -0.39 is 11.9 Å². The Morgan fingerprint density at radius 1 is 1.37 bits per heavy atom. The molecule has 0 bridgehead atoms. The van der Waals surface area contributed by atoms with Crippen LogP contribution < -0.4 is 5.32 Å². The van der Waals surface area contributed by atoms with E-state index in [0.29, 0.717) is 5.82 Å². The highest BCUT2D eigenvalue weighted by Crippen LogP contribution is 2.13. The number of pyridine rings is 1. The van der Waals surface area contributed by atoms with E-state index in [-0.39, 0.29) is 11.3 Å². The van der Waals surface area contributed by atoms with Crippen LogP contribution in [0.2, 0.25) is 0 Å². The molecule has 0 aliphatic heterocycles. The molecule has 2 rings (SSSR count). The van der Waals surface area contributed by atoms with Gasteiger partial charge in [-0.2, -0.15) is 5.10 Å². The van der Waals surface area contributed by atoms with Crippen LogP contribution in [0.1, 0.15) is 20.8 Å². The summed E-state index contributed by atoms with van der Waals surface area (Å²) in [6.07, 6.45) is 2.66. The van der Waals surface area contributed by atoms with Gasteiger partial charge >= 0.3 is 5.97 Å². The molecule has 0 unspecified atom stereocenters. The maximum Gasteiger partial charge on any atom is 0.339 e. The van der Waals surface area contributed by atoms with E-state index >= 15 is 0 Å². The lowest BCUT2D eigenvalue weighted by Gasteiger charge is -2.05. The highest BCUT2D eigenvalue weighted by molar-refractivity contribution is 9.10. The van der Waals surface area contributed by atoms with Crippen molar-refractivity contribution in [2.24, 2.45) is 7.05 Å². The molecule has 8 heteroatoms. The Morgan fingerprint density at radius 3 is 2.68 bits per heavy atom. The second-order valence-electron chi connectivity index (χ2n) is 3.65. The lowest BCUT2D eigenvalue weighted by atomic mass is 10.2. The maximum atomic E-state index is 12.0. The van der Waals surface area contributed by atoms with Gasteiger partial charge in [-0.05, 0) is 28.1 Å². The second-order valence-corrected chi connectivity index (χ2v) is 4.57. The quantitative estimate of drug-likeness (QED) is 0.892. The first-order valence-electron chi connectivity index (χ1n) is 5.17. The van der Waals surface area contributed by atoms with Crippen molar-refractivity contribution in [3.8, 4) is 0 Å². The summed E-state index contributed by atoms with van der Waals surface area (Å²) < 4.78 is 1.98. The fourth-order valence-electron chi connectivity index (χ4n) is 1.49. The number of aryl methyl sites for hydroxylation is 1. The minimum Gasteiger partial charge on any atom is -0.478 e. The maximum absolute atomic E-state index is 12.0. The van der Waals surface area contributed by atoms with Gasteiger partial charge in [0.05, 0.1) is 6.20 Å². The number of rotatable bonds is 3. The van der Waals surface area contributed by atoms with Crippen LogP contribution >= 0.6 is 15.9 Å². The number of nitrogens with zero attached hydrogens (tertiary/aromatic N) is 3. The lowest BCUT2D eigenvalue weighted by Crippen LogP contribution is -2.19. The Labute approximate surface area is 116 Å². The Hall–Kier alpha value is -2.22. The molecular formula is C11H9BrN4O3. The molecule has 1 amide bonds. The van der Waals surface area contributed by atoms with Gasteiger partial charge in [0.25, 0.3) is 5.91 Å². The summed E-state index contributed by atoms with van der Waals surface area (Å²) in [6, 6.07) is 3.31. The average molecular weight is 325 g/mol. The third kappa shape index (κ3) is 2.79. The third-order valence-electron chi connectivity index (χ3n) is 2.35. The Kier molecular flexibility index (Phi) is 3.61. The number of carbonyl (C=O) groups is 2. The molecule has 2 N–H and O–H groups in total. The van der Waals surface area contributed by atoms with Crippen molar-refractivity contribution in [3.05, 3.63) is 40.3 Å². The van der Waals surface area contributed by atoms with Crippen LogP contribution in [-0.4, -0.2) is 31.7 Å². The van der Waals surface area contributed by atoms with E-state index in [0.717, 1.165) is 10.7 Å². The van der Waals surface area contributed by atoms with Gasteiger partial charge in [0.15, 0.2) is 0 Å². The first-order chi connectivity index (χ1) is 8.99. The molecule has 0 aliphatic carbocycles. The summed E-state index contributed by atoms with van der Waals surface area (Å²) >= 11 is 3.23. The molecule has 0 radical (unpaired) electrons. The molecule has 19 heavy (non-hydrogen) atoms. The number of anilines is 1. The van der Waals surface area contributed by atoms with E-state index in [9.17, 15) is 9.59 Å². The van der Waals surface area contributed by atoms with Crippen LogP contribution in [0.5, 0.6) is 0 Å². The molecule has 0 spiro atoms. The summed E-state index contributed by atoms with van der Waals surface area (Å²) in [5.74, 6) is -1.46. The van der Waals surface area contributed by atoms with Gasteiger partial charge in [-0.15, -0.1) is 0 Å². The minimum absolute atomic E-state index is 0.0304. The van der Waals surface area contributed by atoms with Gasteiger partial charge in [-0.25, -0.2) is 9.78 Å². The van der Waals surface area contributed by atoms with Crippen LogP contribution in [0, 0.1) is 0 Å². The van der Waals surface area contributed by atoms with Crippen LogP contribution in [0.25, 0.3) is 0 Å². The molecule has 0 aliphatic rings. The van der Waals surface area contributed by atoms with E-state index in [1.165, 1.54) is 17.9 Å². The SMILES string of the molecule is Cn1ncc(C(=O)O)c1C(=O)Nc1ccc(Br)cn1. The summed E-state index contributed by atoms with van der Waals surface area (Å²) in [5, 5.41) is 15.2. The van der Waals surface area contributed by atoms with Crippen LogP contribution in [0.3, 0.4) is 0 Å². The number of carboxylic acid groups (broad SMARTS) is 1. The highest BCUT2D eigenvalue weighted by atomic mass is 79.9. The van der Waals surface area contributed by atoms with Crippen molar-refractivity contribution < 1.29 is 14.7 Å². The van der Waals surface area contributed by atoms with Crippen LogP contribution in [-0.2, 0) is 7.05 Å². The van der Waals surface area contributed by atoms with Gasteiger partial charge in [-0.1, -0.05) is 0 Å². The highest BCUT2D eigenvalue weighted by Gasteiger charge is 2.21. The first-order valence-corrected chi connectivity index (χ1v) is 5.96. The largest absolute Gasteiger partial charge is 0.478 e. The van der Waals surface area contributed by atoms with Gasteiger partial charge < -0.3 is 10.4 Å². The molecule has 0 saturated carbocycles. The second kappa shape index (κ2) is 5.19. The van der Waals surface area contributed by atoms with Crippen molar-refractivity contribution in [1.82, 2.24) is 14.8 Å². The van der Waals surface area contributed by atoms with E-state index in [1.54, 1.807) is 12.1 Å². The fourth-order valence-corrected chi connectivity index (χ4v) is 1.72. The van der Waals surface area contributed by atoms with Gasteiger partial charge in [0.2, 0.25) is 0 Å². The van der Waals surface area contributed by atoms with Gasteiger partial charge in [0.1, 0.15) is 17.1 Å². The normalized spacial score (nSPS) is 10.2. The first kappa shape index (κ1) is 13.2. The molecule has 2 aromatic rings. The minimum atomic E-state index is -1.21. The zero-order valence-corrected chi connectivity index (χ0v) is 11.4. The number of carboxylic acids is 1. The fraction of sp³-hybridized carbons (Fsp3) is 0.0909. The van der Waals surface area contributed by atoms with Crippen LogP contribution in [0.4, 0.5) is 5.82 Å². The van der Waals surface area contributed by atoms with Gasteiger partial charge in [0, 0.05) is 17.7 Å². The standard InChI is InChI=1S/C11H9BrN4O3/c1-16-9(7(5-14-16)11(18)19)10(17)15-8-3-2-6(12)4-13-8/h2-5H,1H3,(H,18,19)(H,13,15,17).